The van der Waals surface area contributed by atoms with E-state index in [1.165, 1.54) is 6.92 Å². The summed E-state index contributed by atoms with van der Waals surface area (Å²) in [4.78, 5) is 25.4. The molecule has 1 aliphatic heterocycles. The van der Waals surface area contributed by atoms with Gasteiger partial charge in [0.05, 0.1) is 0 Å². The smallest absolute Gasteiger partial charge is 0.260 e. The largest absolute Gasteiger partial charge is 0.484 e. The zero-order chi connectivity index (χ0) is 15.4. The van der Waals surface area contributed by atoms with Gasteiger partial charge in [0, 0.05) is 30.7 Å². The van der Waals surface area contributed by atoms with Crippen molar-refractivity contribution in [3.05, 3.63) is 29.8 Å². The monoisotopic (exact) mass is 290 g/mol. The van der Waals surface area contributed by atoms with Crippen LogP contribution in [0.3, 0.4) is 0 Å². The van der Waals surface area contributed by atoms with Crippen molar-refractivity contribution in [2.24, 2.45) is 0 Å². The van der Waals surface area contributed by atoms with E-state index in [0.29, 0.717) is 17.9 Å². The summed E-state index contributed by atoms with van der Waals surface area (Å²) in [5.74, 6) is 0.507. The highest BCUT2D eigenvalue weighted by Gasteiger charge is 2.28. The van der Waals surface area contributed by atoms with Gasteiger partial charge in [0.1, 0.15) is 5.75 Å². The van der Waals surface area contributed by atoms with Crippen LogP contribution in [0.2, 0.25) is 0 Å². The number of hydrogen-bond donors (Lipinski definition) is 1. The number of benzene rings is 1. The maximum Gasteiger partial charge on any atom is 0.260 e. The van der Waals surface area contributed by atoms with E-state index in [-0.39, 0.29) is 30.4 Å². The minimum atomic E-state index is -0.0240. The average Bonchev–Trinajstić information content (AvgIpc) is 2.48. The van der Waals surface area contributed by atoms with Crippen molar-refractivity contribution >= 4 is 11.7 Å². The van der Waals surface area contributed by atoms with Gasteiger partial charge in [0.15, 0.2) is 12.4 Å². The predicted octanol–water partition coefficient (Wildman–Crippen LogP) is 1.48. The van der Waals surface area contributed by atoms with E-state index in [1.807, 2.05) is 11.8 Å². The molecule has 1 aromatic rings. The van der Waals surface area contributed by atoms with Gasteiger partial charge in [-0.3, -0.25) is 9.59 Å². The highest BCUT2D eigenvalue weighted by Crippen LogP contribution is 2.15. The van der Waals surface area contributed by atoms with Gasteiger partial charge in [0.25, 0.3) is 5.91 Å². The summed E-state index contributed by atoms with van der Waals surface area (Å²) in [5, 5.41) is 3.34. The van der Waals surface area contributed by atoms with Gasteiger partial charge in [-0.2, -0.15) is 0 Å². The molecule has 0 aliphatic carbocycles. The fourth-order valence-corrected chi connectivity index (χ4v) is 2.44. The molecule has 0 aromatic heterocycles. The predicted molar refractivity (Wildman–Crippen MR) is 80.6 cm³/mol. The minimum Gasteiger partial charge on any atom is -0.484 e. The van der Waals surface area contributed by atoms with Crippen LogP contribution in [0, 0.1) is 0 Å². The average molecular weight is 290 g/mol. The lowest BCUT2D eigenvalue weighted by molar-refractivity contribution is -0.137. The van der Waals surface area contributed by atoms with E-state index in [2.05, 4.69) is 12.2 Å². The van der Waals surface area contributed by atoms with Crippen molar-refractivity contribution < 1.29 is 14.3 Å². The maximum atomic E-state index is 12.3. The van der Waals surface area contributed by atoms with Crippen LogP contribution in [0.1, 0.15) is 31.1 Å². The van der Waals surface area contributed by atoms with E-state index < -0.39 is 0 Å². The van der Waals surface area contributed by atoms with Gasteiger partial charge in [-0.25, -0.2) is 0 Å². The number of ether oxygens (including phenoxy) is 1. The third-order valence-electron chi connectivity index (χ3n) is 3.96. The van der Waals surface area contributed by atoms with Crippen molar-refractivity contribution in [1.82, 2.24) is 10.2 Å². The summed E-state index contributed by atoms with van der Waals surface area (Å²) in [7, 11) is 0. The number of nitrogens with one attached hydrogen (secondary N) is 1. The first-order valence-corrected chi connectivity index (χ1v) is 7.25. The first-order chi connectivity index (χ1) is 9.99. The molecule has 1 aromatic carbocycles. The Balaban J connectivity index is 1.94. The van der Waals surface area contributed by atoms with Crippen LogP contribution < -0.4 is 10.1 Å². The Hall–Kier alpha value is -1.88. The number of Topliss-reactive ketones (excluding diaryl/α,β-unsaturated/α-hetero) is 1. The normalized spacial score (nSPS) is 22.0. The number of carbonyl (C=O) groups excluding carboxylic acids is 2. The molecule has 1 fully saturated rings. The number of hydrogen-bond acceptors (Lipinski definition) is 4. The second-order valence-electron chi connectivity index (χ2n) is 5.44. The van der Waals surface area contributed by atoms with Gasteiger partial charge >= 0.3 is 0 Å². The molecule has 21 heavy (non-hydrogen) atoms. The molecule has 0 radical (unpaired) electrons. The van der Waals surface area contributed by atoms with Crippen molar-refractivity contribution in [2.75, 3.05) is 19.7 Å². The van der Waals surface area contributed by atoms with Crippen molar-refractivity contribution in [3.8, 4) is 5.75 Å². The second kappa shape index (κ2) is 6.72. The molecule has 0 saturated carbocycles. The van der Waals surface area contributed by atoms with Gasteiger partial charge in [0.2, 0.25) is 0 Å². The molecule has 0 bridgehead atoms. The summed E-state index contributed by atoms with van der Waals surface area (Å²) < 4.78 is 5.53. The lowest BCUT2D eigenvalue weighted by Gasteiger charge is -2.38. The summed E-state index contributed by atoms with van der Waals surface area (Å²) >= 11 is 0. The third-order valence-corrected chi connectivity index (χ3v) is 3.96. The van der Waals surface area contributed by atoms with Crippen LogP contribution in [0.15, 0.2) is 24.3 Å². The zero-order valence-corrected chi connectivity index (χ0v) is 12.8. The molecule has 1 amide bonds. The molecule has 2 rings (SSSR count). The Labute approximate surface area is 125 Å². The van der Waals surface area contributed by atoms with Crippen LogP contribution in [0.5, 0.6) is 5.75 Å². The van der Waals surface area contributed by atoms with Crippen molar-refractivity contribution in [1.29, 1.82) is 0 Å². The molecule has 5 heteroatoms. The summed E-state index contributed by atoms with van der Waals surface area (Å²) in [6.45, 7) is 7.11. The minimum absolute atomic E-state index is 0.00157. The first kappa shape index (κ1) is 15.5. The number of nitrogens with zero attached hydrogens (tertiary/aromatic N) is 1. The molecule has 1 heterocycles. The Kier molecular flexibility index (Phi) is 4.96. The van der Waals surface area contributed by atoms with Gasteiger partial charge in [-0.05, 0) is 32.9 Å². The number of amides is 1. The molecule has 1 N–H and O–H groups in total. The van der Waals surface area contributed by atoms with Crippen LogP contribution >= 0.6 is 0 Å². The lowest BCUT2D eigenvalue weighted by Crippen LogP contribution is -2.58. The Morgan fingerprint density at radius 2 is 2.14 bits per heavy atom. The van der Waals surface area contributed by atoms with E-state index in [9.17, 15) is 9.59 Å². The highest BCUT2D eigenvalue weighted by atomic mass is 16.5. The fraction of sp³-hybridized carbons (Fsp3) is 0.500. The highest BCUT2D eigenvalue weighted by molar-refractivity contribution is 5.94. The standard InChI is InChI=1S/C16H22N2O3/c1-11-12(2)18(8-7-17-11)16(20)10-21-15-6-4-5-14(9-15)13(3)19/h4-6,9,11-12,17H,7-8,10H2,1-3H3. The number of carbonyl (C=O) groups is 2. The quantitative estimate of drug-likeness (QED) is 0.853. The SMILES string of the molecule is CC(=O)c1cccc(OCC(=O)N2CCNC(C)C2C)c1. The van der Waals surface area contributed by atoms with E-state index in [4.69, 9.17) is 4.74 Å². The van der Waals surface area contributed by atoms with Crippen LogP contribution in [0.25, 0.3) is 0 Å². The molecule has 1 aliphatic rings. The van der Waals surface area contributed by atoms with Gasteiger partial charge in [-0.15, -0.1) is 0 Å². The molecule has 5 nitrogen and oxygen atoms in total. The molecule has 1 saturated heterocycles. The second-order valence-corrected chi connectivity index (χ2v) is 5.44. The number of ketones is 1. The Morgan fingerprint density at radius 3 is 2.86 bits per heavy atom. The van der Waals surface area contributed by atoms with Gasteiger partial charge in [-0.1, -0.05) is 12.1 Å². The molecular weight excluding hydrogens is 268 g/mol. The molecular formula is C16H22N2O3. The summed E-state index contributed by atoms with van der Waals surface area (Å²) in [6.07, 6.45) is 0. The number of rotatable bonds is 4. The van der Waals surface area contributed by atoms with Crippen molar-refractivity contribution in [2.45, 2.75) is 32.9 Å². The maximum absolute atomic E-state index is 12.3. The van der Waals surface area contributed by atoms with E-state index in [1.54, 1.807) is 24.3 Å². The zero-order valence-electron chi connectivity index (χ0n) is 12.8. The molecule has 114 valence electrons. The molecule has 0 spiro atoms. The van der Waals surface area contributed by atoms with Gasteiger partial charge < -0.3 is 15.0 Å². The first-order valence-electron chi connectivity index (χ1n) is 7.25. The third kappa shape index (κ3) is 3.82. The van der Waals surface area contributed by atoms with Crippen molar-refractivity contribution in [3.63, 3.8) is 0 Å². The molecule has 2 unspecified atom stereocenters. The van der Waals surface area contributed by atoms with E-state index in [0.717, 1.165) is 6.54 Å². The number of piperazine rings is 1. The Morgan fingerprint density at radius 1 is 1.38 bits per heavy atom. The Bertz CT molecular complexity index is 530. The summed E-state index contributed by atoms with van der Waals surface area (Å²) in [5.41, 5.74) is 0.587. The topological polar surface area (TPSA) is 58.6 Å². The van der Waals surface area contributed by atoms with Crippen LogP contribution in [-0.4, -0.2) is 48.4 Å². The van der Waals surface area contributed by atoms with Crippen LogP contribution in [0.4, 0.5) is 0 Å². The fourth-order valence-electron chi connectivity index (χ4n) is 2.44. The van der Waals surface area contributed by atoms with E-state index >= 15 is 0 Å². The lowest BCUT2D eigenvalue weighted by atomic mass is 10.1. The molecule has 2 atom stereocenters. The van der Waals surface area contributed by atoms with Crippen LogP contribution in [-0.2, 0) is 4.79 Å². The summed E-state index contributed by atoms with van der Waals surface area (Å²) in [6, 6.07) is 7.34.